The number of carbonyl (C=O) groups excluding carboxylic acids is 1. The molecule has 0 amide bonds. The number of ether oxygens (including phenoxy) is 1. The maximum Gasteiger partial charge on any atom is 0.319 e. The number of benzene rings is 1. The predicted octanol–water partition coefficient (Wildman–Crippen LogP) is 3.65. The molecule has 1 aromatic rings. The molecule has 3 heteroatoms. The summed E-state index contributed by atoms with van der Waals surface area (Å²) >= 11 is 4.38. The summed E-state index contributed by atoms with van der Waals surface area (Å²) in [6.45, 7) is 2.22. The molecular weight excluding hydrogens is 256 g/mol. The van der Waals surface area contributed by atoms with Gasteiger partial charge in [0.1, 0.15) is 11.4 Å². The second-order valence-electron chi connectivity index (χ2n) is 5.54. The molecule has 0 heterocycles. The summed E-state index contributed by atoms with van der Waals surface area (Å²) in [6, 6.07) is 9.95. The van der Waals surface area contributed by atoms with Crippen LogP contribution in [0.5, 0.6) is 0 Å². The van der Waals surface area contributed by atoms with Crippen LogP contribution in [0.25, 0.3) is 0 Å². The molecule has 0 spiro atoms. The van der Waals surface area contributed by atoms with Gasteiger partial charge in [-0.2, -0.15) is 12.6 Å². The van der Waals surface area contributed by atoms with Crippen molar-refractivity contribution in [2.24, 2.45) is 5.92 Å². The Morgan fingerprint density at radius 3 is 2.79 bits per heavy atom. The molecule has 2 nitrogen and oxygen atoms in total. The zero-order valence-electron chi connectivity index (χ0n) is 11.4. The summed E-state index contributed by atoms with van der Waals surface area (Å²) in [5.41, 5.74) is 1.12. The number of carbonyl (C=O) groups is 1. The van der Waals surface area contributed by atoms with Gasteiger partial charge in [0.05, 0.1) is 0 Å². The smallest absolute Gasteiger partial charge is 0.319 e. The van der Waals surface area contributed by atoms with Gasteiger partial charge in [0.2, 0.25) is 0 Å². The minimum Gasteiger partial charge on any atom is -0.462 e. The van der Waals surface area contributed by atoms with Crippen LogP contribution in [0.1, 0.15) is 38.2 Å². The summed E-state index contributed by atoms with van der Waals surface area (Å²) in [6.07, 6.45) is 5.14. The van der Waals surface area contributed by atoms with E-state index < -0.39 is 0 Å². The third kappa shape index (κ3) is 4.57. The fourth-order valence-electron chi connectivity index (χ4n) is 2.65. The highest BCUT2D eigenvalue weighted by atomic mass is 32.1. The van der Waals surface area contributed by atoms with Crippen molar-refractivity contribution >= 4 is 18.6 Å². The van der Waals surface area contributed by atoms with Gasteiger partial charge in [0.25, 0.3) is 0 Å². The van der Waals surface area contributed by atoms with Gasteiger partial charge in [0.15, 0.2) is 0 Å². The average molecular weight is 278 g/mol. The fourth-order valence-corrected chi connectivity index (χ4v) is 2.92. The van der Waals surface area contributed by atoms with Gasteiger partial charge in [-0.3, -0.25) is 4.79 Å². The standard InChI is InChI=1S/C16H22O2S/c1-12-6-5-9-14(10-12)18-16(17)15(19)11-13-7-3-2-4-8-13/h2-4,7-8,12,14-15,19H,5-6,9-11H2,1H3. The molecule has 19 heavy (non-hydrogen) atoms. The van der Waals surface area contributed by atoms with Crippen molar-refractivity contribution in [1.29, 1.82) is 0 Å². The Balaban J connectivity index is 1.82. The molecule has 0 aromatic heterocycles. The average Bonchev–Trinajstić information content (AvgIpc) is 2.40. The molecule has 104 valence electrons. The van der Waals surface area contributed by atoms with E-state index in [4.69, 9.17) is 4.74 Å². The van der Waals surface area contributed by atoms with Crippen molar-refractivity contribution < 1.29 is 9.53 Å². The van der Waals surface area contributed by atoms with Crippen molar-refractivity contribution in [2.75, 3.05) is 0 Å². The van der Waals surface area contributed by atoms with Crippen LogP contribution in [0.4, 0.5) is 0 Å². The Morgan fingerprint density at radius 2 is 2.11 bits per heavy atom. The largest absolute Gasteiger partial charge is 0.462 e. The lowest BCUT2D eigenvalue weighted by molar-refractivity contribution is -0.150. The molecular formula is C16H22O2S. The lowest BCUT2D eigenvalue weighted by Crippen LogP contribution is -2.29. The molecule has 1 aromatic carbocycles. The highest BCUT2D eigenvalue weighted by molar-refractivity contribution is 7.81. The molecule has 1 aliphatic carbocycles. The van der Waals surface area contributed by atoms with E-state index in [1.54, 1.807) is 0 Å². The number of esters is 1. The van der Waals surface area contributed by atoms with Crippen molar-refractivity contribution in [3.8, 4) is 0 Å². The molecule has 3 unspecified atom stereocenters. The first-order valence-electron chi connectivity index (χ1n) is 7.07. The van der Waals surface area contributed by atoms with Gasteiger partial charge < -0.3 is 4.74 Å². The van der Waals surface area contributed by atoms with Crippen LogP contribution >= 0.6 is 12.6 Å². The minimum atomic E-state index is -0.361. The molecule has 2 rings (SSSR count). The third-order valence-corrected chi connectivity index (χ3v) is 4.11. The molecule has 0 radical (unpaired) electrons. The van der Waals surface area contributed by atoms with E-state index in [1.807, 2.05) is 30.3 Å². The van der Waals surface area contributed by atoms with Crippen LogP contribution in [0.15, 0.2) is 30.3 Å². The van der Waals surface area contributed by atoms with Crippen LogP contribution in [-0.4, -0.2) is 17.3 Å². The van der Waals surface area contributed by atoms with Crippen molar-refractivity contribution in [2.45, 2.75) is 50.4 Å². The SMILES string of the molecule is CC1CCCC(OC(=O)C(S)Cc2ccccc2)C1. The summed E-state index contributed by atoms with van der Waals surface area (Å²) < 4.78 is 5.58. The molecule has 0 N–H and O–H groups in total. The normalized spacial score (nSPS) is 24.7. The van der Waals surface area contributed by atoms with E-state index >= 15 is 0 Å². The molecule has 0 saturated heterocycles. The van der Waals surface area contributed by atoms with E-state index in [0.717, 1.165) is 24.8 Å². The first kappa shape index (κ1) is 14.4. The van der Waals surface area contributed by atoms with Crippen molar-refractivity contribution in [1.82, 2.24) is 0 Å². The molecule has 3 atom stereocenters. The number of thiol groups is 1. The second kappa shape index (κ2) is 6.99. The van der Waals surface area contributed by atoms with Crippen LogP contribution < -0.4 is 0 Å². The number of rotatable bonds is 4. The number of hydrogen-bond donors (Lipinski definition) is 1. The Kier molecular flexibility index (Phi) is 5.32. The Labute approximate surface area is 121 Å². The highest BCUT2D eigenvalue weighted by Crippen LogP contribution is 2.26. The summed E-state index contributed by atoms with van der Waals surface area (Å²) in [5.74, 6) is 0.491. The van der Waals surface area contributed by atoms with E-state index in [-0.39, 0.29) is 17.3 Å². The zero-order valence-corrected chi connectivity index (χ0v) is 12.3. The van der Waals surface area contributed by atoms with Crippen LogP contribution in [-0.2, 0) is 16.0 Å². The monoisotopic (exact) mass is 278 g/mol. The first-order valence-corrected chi connectivity index (χ1v) is 7.59. The van der Waals surface area contributed by atoms with Gasteiger partial charge in [-0.15, -0.1) is 0 Å². The predicted molar refractivity (Wildman–Crippen MR) is 80.4 cm³/mol. The Hall–Kier alpha value is -0.960. The maximum atomic E-state index is 12.0. The van der Waals surface area contributed by atoms with Crippen LogP contribution in [0.2, 0.25) is 0 Å². The van der Waals surface area contributed by atoms with Gasteiger partial charge in [-0.1, -0.05) is 43.7 Å². The van der Waals surface area contributed by atoms with E-state index in [9.17, 15) is 4.79 Å². The third-order valence-electron chi connectivity index (χ3n) is 3.72. The molecule has 1 aliphatic rings. The van der Waals surface area contributed by atoms with Gasteiger partial charge in [-0.25, -0.2) is 0 Å². The van der Waals surface area contributed by atoms with Crippen molar-refractivity contribution in [3.05, 3.63) is 35.9 Å². The van der Waals surface area contributed by atoms with Gasteiger partial charge >= 0.3 is 5.97 Å². The fraction of sp³-hybridized carbons (Fsp3) is 0.562. The lowest BCUT2D eigenvalue weighted by Gasteiger charge is -2.27. The summed E-state index contributed by atoms with van der Waals surface area (Å²) in [7, 11) is 0. The van der Waals surface area contributed by atoms with E-state index in [1.165, 1.54) is 6.42 Å². The highest BCUT2D eigenvalue weighted by Gasteiger charge is 2.25. The first-order chi connectivity index (χ1) is 9.15. The van der Waals surface area contributed by atoms with Crippen LogP contribution in [0.3, 0.4) is 0 Å². The van der Waals surface area contributed by atoms with E-state index in [2.05, 4.69) is 19.6 Å². The Bertz CT molecular complexity index is 404. The molecule has 1 fully saturated rings. The minimum absolute atomic E-state index is 0.0988. The molecule has 0 aliphatic heterocycles. The molecule has 1 saturated carbocycles. The van der Waals surface area contributed by atoms with E-state index in [0.29, 0.717) is 12.3 Å². The topological polar surface area (TPSA) is 26.3 Å². The number of hydrogen-bond acceptors (Lipinski definition) is 3. The summed E-state index contributed by atoms with van der Waals surface area (Å²) in [4.78, 5) is 12.0. The van der Waals surface area contributed by atoms with Gasteiger partial charge in [-0.05, 0) is 37.2 Å². The van der Waals surface area contributed by atoms with Crippen LogP contribution in [0, 0.1) is 5.92 Å². The lowest BCUT2D eigenvalue weighted by atomic mass is 9.89. The van der Waals surface area contributed by atoms with Crippen molar-refractivity contribution in [3.63, 3.8) is 0 Å². The second-order valence-corrected chi connectivity index (χ2v) is 6.16. The van der Waals surface area contributed by atoms with Gasteiger partial charge in [0, 0.05) is 0 Å². The zero-order chi connectivity index (χ0) is 13.7. The Morgan fingerprint density at radius 1 is 1.37 bits per heavy atom. The summed E-state index contributed by atoms with van der Waals surface area (Å²) in [5, 5.41) is -0.361. The quantitative estimate of drug-likeness (QED) is 0.672. The molecule has 0 bridgehead atoms. The maximum absolute atomic E-state index is 12.0.